The van der Waals surface area contributed by atoms with Crippen LogP contribution in [0.15, 0.2) is 224 Å². The van der Waals surface area contributed by atoms with Gasteiger partial charge in [-0.15, -0.1) is 0 Å². The number of nitrogens with zero attached hydrogens (tertiary/aromatic N) is 1. The lowest BCUT2D eigenvalue weighted by Crippen LogP contribution is -2.28. The molecule has 0 fully saturated rings. The van der Waals surface area contributed by atoms with Gasteiger partial charge in [0.25, 0.3) is 0 Å². The highest BCUT2D eigenvalue weighted by Crippen LogP contribution is 2.57. The molecule has 1 aromatic heterocycles. The van der Waals surface area contributed by atoms with Crippen molar-refractivity contribution in [3.05, 3.63) is 242 Å². The van der Waals surface area contributed by atoms with Gasteiger partial charge in [0, 0.05) is 27.8 Å². The minimum atomic E-state index is -0.490. The largest absolute Gasteiger partial charge is 0.497 e. The average Bonchev–Trinajstić information content (AvgIpc) is 3.81. The molecule has 0 unspecified atom stereocenters. The first kappa shape index (κ1) is 35.3. The number of furan rings is 1. The van der Waals surface area contributed by atoms with Gasteiger partial charge in [-0.25, -0.2) is 0 Å². The van der Waals surface area contributed by atoms with Gasteiger partial charge in [-0.05, 0) is 111 Å². The number of ether oxygens (including phenoxy) is 1. The number of hydrogen-bond donors (Lipinski definition) is 0. The standard InChI is InChI=1S/C50H35NO2.C4H6/c1-52-41-28-25-39(26-29-41)51(38-23-20-34(21-24-38)35-22-31-49-45(32-35)44-17-9-11-19-48(44)53-49)40-27-30-43-42-16-8-10-18-46(42)50(47(43)33-40,36-12-4-2-5-13-36)37-14-6-3-7-15-37;1-3-4-2/h2-33H,1H3;3-4H,1-2H2. The number of benzene rings is 8. The van der Waals surface area contributed by atoms with Crippen molar-refractivity contribution in [1.29, 1.82) is 0 Å². The molecule has 0 atom stereocenters. The fourth-order valence-corrected chi connectivity index (χ4v) is 8.46. The van der Waals surface area contributed by atoms with Crippen LogP contribution in [0.25, 0.3) is 44.2 Å². The summed E-state index contributed by atoms with van der Waals surface area (Å²) < 4.78 is 11.7. The van der Waals surface area contributed by atoms with Gasteiger partial charge in [0.05, 0.1) is 12.5 Å². The molecule has 1 aliphatic rings. The van der Waals surface area contributed by atoms with Crippen LogP contribution in [0.4, 0.5) is 17.1 Å². The minimum absolute atomic E-state index is 0.490. The third kappa shape index (κ3) is 6.11. The molecule has 0 amide bonds. The van der Waals surface area contributed by atoms with E-state index in [-0.39, 0.29) is 0 Å². The number of fused-ring (bicyclic) bond motifs is 6. The van der Waals surface area contributed by atoms with Crippen LogP contribution in [0.3, 0.4) is 0 Å². The Morgan fingerprint density at radius 3 is 1.68 bits per heavy atom. The molecule has 3 heteroatoms. The monoisotopic (exact) mass is 735 g/mol. The number of para-hydroxylation sites is 1. The van der Waals surface area contributed by atoms with Crippen molar-refractivity contribution >= 4 is 39.0 Å². The van der Waals surface area contributed by atoms with Crippen molar-refractivity contribution in [2.75, 3.05) is 12.0 Å². The molecule has 57 heavy (non-hydrogen) atoms. The van der Waals surface area contributed by atoms with Gasteiger partial charge < -0.3 is 14.1 Å². The van der Waals surface area contributed by atoms with Gasteiger partial charge in [-0.1, -0.05) is 153 Å². The van der Waals surface area contributed by atoms with Crippen LogP contribution >= 0.6 is 0 Å². The summed E-state index contributed by atoms with van der Waals surface area (Å²) in [6.45, 7) is 6.72. The van der Waals surface area contributed by atoms with Crippen LogP contribution in [0.5, 0.6) is 5.75 Å². The highest BCUT2D eigenvalue weighted by Gasteiger charge is 2.46. The van der Waals surface area contributed by atoms with E-state index in [4.69, 9.17) is 9.15 Å². The molecule has 0 bridgehead atoms. The van der Waals surface area contributed by atoms with Crippen LogP contribution in [0.1, 0.15) is 22.3 Å². The summed E-state index contributed by atoms with van der Waals surface area (Å²) in [7, 11) is 1.71. The Hall–Kier alpha value is -7.36. The smallest absolute Gasteiger partial charge is 0.135 e. The van der Waals surface area contributed by atoms with Crippen molar-refractivity contribution in [2.24, 2.45) is 0 Å². The molecule has 10 rings (SSSR count). The first-order valence-corrected chi connectivity index (χ1v) is 19.2. The fourth-order valence-electron chi connectivity index (χ4n) is 8.46. The molecule has 8 aromatic carbocycles. The highest BCUT2D eigenvalue weighted by molar-refractivity contribution is 6.06. The van der Waals surface area contributed by atoms with Gasteiger partial charge in [-0.2, -0.15) is 0 Å². The lowest BCUT2D eigenvalue weighted by molar-refractivity contribution is 0.415. The quantitative estimate of drug-likeness (QED) is 0.145. The van der Waals surface area contributed by atoms with E-state index < -0.39 is 5.41 Å². The Kier molecular flexibility index (Phi) is 9.33. The topological polar surface area (TPSA) is 25.6 Å². The van der Waals surface area contributed by atoms with Crippen molar-refractivity contribution < 1.29 is 9.15 Å². The van der Waals surface area contributed by atoms with Crippen molar-refractivity contribution in [2.45, 2.75) is 5.41 Å². The summed E-state index contributed by atoms with van der Waals surface area (Å²) in [5, 5.41) is 2.26. The van der Waals surface area contributed by atoms with E-state index in [0.29, 0.717) is 0 Å². The zero-order chi connectivity index (χ0) is 38.8. The van der Waals surface area contributed by atoms with E-state index in [2.05, 4.69) is 188 Å². The summed E-state index contributed by atoms with van der Waals surface area (Å²) in [4.78, 5) is 2.35. The maximum atomic E-state index is 6.12. The van der Waals surface area contributed by atoms with Gasteiger partial charge in [0.2, 0.25) is 0 Å². The molecule has 0 radical (unpaired) electrons. The SMILES string of the molecule is C=CC=C.COc1ccc(N(c2ccc(-c3ccc4oc5ccccc5c4c3)cc2)c2ccc3c(c2)C(c2ccccc2)(c2ccccc2)c2ccccc2-3)cc1. The van der Waals surface area contributed by atoms with Crippen LogP contribution < -0.4 is 9.64 Å². The number of anilines is 3. The molecule has 3 nitrogen and oxygen atoms in total. The van der Waals surface area contributed by atoms with Crippen LogP contribution in [0, 0.1) is 0 Å². The number of hydrogen-bond acceptors (Lipinski definition) is 3. The lowest BCUT2D eigenvalue weighted by atomic mass is 9.67. The Morgan fingerprint density at radius 2 is 1.02 bits per heavy atom. The van der Waals surface area contributed by atoms with E-state index in [1.54, 1.807) is 19.3 Å². The van der Waals surface area contributed by atoms with Gasteiger partial charge in [0.15, 0.2) is 0 Å². The van der Waals surface area contributed by atoms with E-state index in [0.717, 1.165) is 55.9 Å². The molecule has 0 saturated carbocycles. The predicted octanol–water partition coefficient (Wildman–Crippen LogP) is 14.5. The zero-order valence-corrected chi connectivity index (χ0v) is 31.8. The summed E-state index contributed by atoms with van der Waals surface area (Å²) in [5.74, 6) is 0.822. The number of methoxy groups -OCH3 is 1. The Bertz CT molecular complexity index is 2810. The third-order valence-electron chi connectivity index (χ3n) is 11.0. The molecule has 0 aliphatic heterocycles. The summed E-state index contributed by atoms with van der Waals surface area (Å²) in [6.07, 6.45) is 3.28. The van der Waals surface area contributed by atoms with E-state index >= 15 is 0 Å². The fraction of sp³-hybridized carbons (Fsp3) is 0.0370. The molecule has 0 spiro atoms. The minimum Gasteiger partial charge on any atom is -0.497 e. The second kappa shape index (κ2) is 15.1. The number of rotatable bonds is 8. The van der Waals surface area contributed by atoms with Gasteiger partial charge >= 0.3 is 0 Å². The van der Waals surface area contributed by atoms with Crippen molar-refractivity contribution in [3.63, 3.8) is 0 Å². The molecule has 1 aliphatic carbocycles. The molecule has 274 valence electrons. The first-order valence-electron chi connectivity index (χ1n) is 19.2. The van der Waals surface area contributed by atoms with Crippen LogP contribution in [0.2, 0.25) is 0 Å². The van der Waals surface area contributed by atoms with E-state index in [1.165, 1.54) is 33.4 Å². The summed E-state index contributed by atoms with van der Waals surface area (Å²) >= 11 is 0. The lowest BCUT2D eigenvalue weighted by Gasteiger charge is -2.35. The normalized spacial score (nSPS) is 12.2. The van der Waals surface area contributed by atoms with Gasteiger partial charge in [-0.3, -0.25) is 0 Å². The molecule has 1 heterocycles. The maximum Gasteiger partial charge on any atom is 0.135 e. The van der Waals surface area contributed by atoms with E-state index in [1.807, 2.05) is 24.3 Å². The molecule has 9 aromatic rings. The van der Waals surface area contributed by atoms with Crippen molar-refractivity contribution in [1.82, 2.24) is 0 Å². The number of allylic oxidation sites excluding steroid dienone is 2. The average molecular weight is 736 g/mol. The van der Waals surface area contributed by atoms with Crippen molar-refractivity contribution in [3.8, 4) is 28.0 Å². The first-order chi connectivity index (χ1) is 28.1. The Morgan fingerprint density at radius 1 is 0.474 bits per heavy atom. The van der Waals surface area contributed by atoms with Crippen LogP contribution in [-0.4, -0.2) is 7.11 Å². The summed E-state index contributed by atoms with van der Waals surface area (Å²) in [5.41, 5.74) is 14.4. The Balaban J connectivity index is 0.00000101. The predicted molar refractivity (Wildman–Crippen MR) is 238 cm³/mol. The molecule has 0 N–H and O–H groups in total. The van der Waals surface area contributed by atoms with E-state index in [9.17, 15) is 0 Å². The third-order valence-corrected chi connectivity index (χ3v) is 11.0. The highest BCUT2D eigenvalue weighted by atomic mass is 16.5. The second-order valence-electron chi connectivity index (χ2n) is 14.1. The molecular formula is C54H41NO2. The molecule has 0 saturated heterocycles. The maximum absolute atomic E-state index is 6.12. The Labute approximate surface area is 334 Å². The van der Waals surface area contributed by atoms with Crippen LogP contribution in [-0.2, 0) is 5.41 Å². The zero-order valence-electron chi connectivity index (χ0n) is 31.8. The second-order valence-corrected chi connectivity index (χ2v) is 14.1. The summed E-state index contributed by atoms with van der Waals surface area (Å²) in [6, 6.07) is 69.7. The van der Waals surface area contributed by atoms with Gasteiger partial charge in [0.1, 0.15) is 16.9 Å². The molecular weight excluding hydrogens is 695 g/mol.